The third kappa shape index (κ3) is 1.86. The van der Waals surface area contributed by atoms with Gasteiger partial charge in [0.15, 0.2) is 0 Å². The van der Waals surface area contributed by atoms with Crippen molar-refractivity contribution in [3.05, 3.63) is 54.6 Å². The predicted octanol–water partition coefficient (Wildman–Crippen LogP) is 1.84. The summed E-state index contributed by atoms with van der Waals surface area (Å²) in [6.45, 7) is 0. The number of nitrogens with zero attached hydrogens (tertiary/aromatic N) is 2. The lowest BCUT2D eigenvalue weighted by atomic mass is 10.2. The number of sulfonamides is 1. The summed E-state index contributed by atoms with van der Waals surface area (Å²) in [7, 11) is -3.71. The van der Waals surface area contributed by atoms with E-state index >= 15 is 0 Å². The van der Waals surface area contributed by atoms with Crippen LogP contribution >= 0.6 is 0 Å². The molecule has 2 aromatic rings. The number of nitrogens with two attached hydrogens (primary N) is 1. The van der Waals surface area contributed by atoms with Gasteiger partial charge in [0.2, 0.25) is 5.96 Å². The van der Waals surface area contributed by atoms with Gasteiger partial charge in [-0.05, 0) is 24.3 Å². The van der Waals surface area contributed by atoms with Gasteiger partial charge in [-0.15, -0.1) is 4.40 Å². The Kier molecular flexibility index (Phi) is 2.53. The van der Waals surface area contributed by atoms with Crippen LogP contribution in [-0.4, -0.2) is 14.4 Å². The van der Waals surface area contributed by atoms with Crippen LogP contribution in [-0.2, 0) is 10.0 Å². The minimum Gasteiger partial charge on any atom is -0.368 e. The normalized spacial score (nSPS) is 16.6. The summed E-state index contributed by atoms with van der Waals surface area (Å²) < 4.78 is 27.5. The molecule has 1 heterocycles. The molecule has 1 aliphatic heterocycles. The molecule has 6 heteroatoms. The summed E-state index contributed by atoms with van der Waals surface area (Å²) in [4.78, 5) is 1.78. The summed E-state index contributed by atoms with van der Waals surface area (Å²) in [6.07, 6.45) is 0. The molecule has 96 valence electrons. The topological polar surface area (TPSA) is 75.8 Å². The van der Waals surface area contributed by atoms with E-state index in [2.05, 4.69) is 4.40 Å². The fourth-order valence-electron chi connectivity index (χ4n) is 2.04. The van der Waals surface area contributed by atoms with Crippen molar-refractivity contribution in [1.29, 1.82) is 0 Å². The van der Waals surface area contributed by atoms with Crippen LogP contribution in [0.15, 0.2) is 63.9 Å². The molecule has 0 spiro atoms. The zero-order valence-electron chi connectivity index (χ0n) is 9.89. The molecule has 5 nitrogen and oxygen atoms in total. The third-order valence-corrected chi connectivity index (χ3v) is 4.17. The lowest BCUT2D eigenvalue weighted by Gasteiger charge is -2.28. The highest BCUT2D eigenvalue weighted by atomic mass is 32.2. The first-order valence-electron chi connectivity index (χ1n) is 5.64. The maximum Gasteiger partial charge on any atom is 0.287 e. The molecule has 0 saturated carbocycles. The standard InChI is InChI=1S/C13H11N3O2S/c14-13-15-19(17,18)12-9-5-4-8-11(12)16(13)10-6-2-1-3-7-10/h1-9H,(H2,14,15). The van der Waals surface area contributed by atoms with Crippen molar-refractivity contribution in [3.63, 3.8) is 0 Å². The van der Waals surface area contributed by atoms with Crippen molar-refractivity contribution < 1.29 is 8.42 Å². The first kappa shape index (κ1) is 11.7. The Morgan fingerprint density at radius 3 is 2.32 bits per heavy atom. The van der Waals surface area contributed by atoms with Gasteiger partial charge in [-0.2, -0.15) is 8.42 Å². The lowest BCUT2D eigenvalue weighted by molar-refractivity contribution is 0.597. The molecule has 3 rings (SSSR count). The molecule has 0 aliphatic carbocycles. The molecule has 0 radical (unpaired) electrons. The maximum atomic E-state index is 12.0. The minimum atomic E-state index is -3.71. The average molecular weight is 273 g/mol. The Bertz CT molecular complexity index is 754. The fraction of sp³-hybridized carbons (Fsp3) is 0. The number of fused-ring (bicyclic) bond motifs is 1. The predicted molar refractivity (Wildman–Crippen MR) is 73.8 cm³/mol. The number of anilines is 2. The minimum absolute atomic E-state index is 0.0510. The van der Waals surface area contributed by atoms with E-state index in [9.17, 15) is 8.42 Å². The van der Waals surface area contributed by atoms with Gasteiger partial charge in [0.25, 0.3) is 10.0 Å². The third-order valence-electron chi connectivity index (χ3n) is 2.84. The largest absolute Gasteiger partial charge is 0.368 e. The van der Waals surface area contributed by atoms with Crippen LogP contribution in [0.1, 0.15) is 0 Å². The van der Waals surface area contributed by atoms with Crippen molar-refractivity contribution in [2.24, 2.45) is 10.1 Å². The number of benzene rings is 2. The Balaban J connectivity index is 2.28. The van der Waals surface area contributed by atoms with Gasteiger partial charge >= 0.3 is 0 Å². The number of guanidine groups is 1. The summed E-state index contributed by atoms with van der Waals surface area (Å²) in [6, 6.07) is 15.9. The first-order chi connectivity index (χ1) is 9.09. The lowest BCUT2D eigenvalue weighted by Crippen LogP contribution is -2.37. The van der Waals surface area contributed by atoms with Gasteiger partial charge in [0.05, 0.1) is 5.69 Å². The molecule has 0 aromatic heterocycles. The molecule has 0 saturated heterocycles. The SMILES string of the molecule is NC1=NS(=O)(=O)c2ccccc2N1c1ccccc1. The van der Waals surface area contributed by atoms with Gasteiger partial charge in [0.1, 0.15) is 4.90 Å². The second-order valence-corrected chi connectivity index (χ2v) is 5.64. The second-order valence-electron chi connectivity index (χ2n) is 4.06. The number of hydrogen-bond donors (Lipinski definition) is 1. The van der Waals surface area contributed by atoms with E-state index in [-0.39, 0.29) is 10.9 Å². The van der Waals surface area contributed by atoms with Crippen LogP contribution in [0.5, 0.6) is 0 Å². The molecule has 0 unspecified atom stereocenters. The van der Waals surface area contributed by atoms with Crippen molar-refractivity contribution in [1.82, 2.24) is 0 Å². The van der Waals surface area contributed by atoms with E-state index in [1.165, 1.54) is 6.07 Å². The van der Waals surface area contributed by atoms with Gasteiger partial charge in [-0.25, -0.2) is 0 Å². The van der Waals surface area contributed by atoms with Gasteiger partial charge in [-0.1, -0.05) is 30.3 Å². The van der Waals surface area contributed by atoms with Gasteiger partial charge in [0, 0.05) is 5.69 Å². The molecule has 0 atom stereocenters. The van der Waals surface area contributed by atoms with Gasteiger partial charge < -0.3 is 5.73 Å². The quantitative estimate of drug-likeness (QED) is 0.860. The van der Waals surface area contributed by atoms with Crippen LogP contribution in [0, 0.1) is 0 Å². The number of hydrogen-bond acceptors (Lipinski definition) is 4. The van der Waals surface area contributed by atoms with Gasteiger partial charge in [-0.3, -0.25) is 4.90 Å². The zero-order valence-corrected chi connectivity index (χ0v) is 10.7. The summed E-state index contributed by atoms with van der Waals surface area (Å²) in [5, 5.41) is 0. The first-order valence-corrected chi connectivity index (χ1v) is 7.08. The maximum absolute atomic E-state index is 12.0. The van der Waals surface area contributed by atoms with Crippen LogP contribution in [0.3, 0.4) is 0 Å². The van der Waals surface area contributed by atoms with Crippen LogP contribution in [0.2, 0.25) is 0 Å². The van der Waals surface area contributed by atoms with E-state index in [0.29, 0.717) is 5.69 Å². The van der Waals surface area contributed by atoms with Crippen molar-refractivity contribution in [3.8, 4) is 0 Å². The molecule has 19 heavy (non-hydrogen) atoms. The van der Waals surface area contributed by atoms with Crippen molar-refractivity contribution in [2.45, 2.75) is 4.90 Å². The highest BCUT2D eigenvalue weighted by Crippen LogP contribution is 2.35. The van der Waals surface area contributed by atoms with E-state index in [0.717, 1.165) is 5.69 Å². The molecule has 2 aromatic carbocycles. The molecular formula is C13H11N3O2S. The van der Waals surface area contributed by atoms with E-state index in [1.54, 1.807) is 23.1 Å². The summed E-state index contributed by atoms with van der Waals surface area (Å²) in [5.41, 5.74) is 7.08. The van der Waals surface area contributed by atoms with E-state index < -0.39 is 10.0 Å². The van der Waals surface area contributed by atoms with Crippen LogP contribution in [0.4, 0.5) is 11.4 Å². The van der Waals surface area contributed by atoms with Crippen LogP contribution < -0.4 is 10.6 Å². The Hall–Kier alpha value is -2.34. The highest BCUT2D eigenvalue weighted by Gasteiger charge is 2.29. The summed E-state index contributed by atoms with van der Waals surface area (Å²) in [5.74, 6) is -0.0510. The van der Waals surface area contributed by atoms with E-state index in [4.69, 9.17) is 5.73 Å². The molecule has 2 N–H and O–H groups in total. The Labute approximate surface area is 111 Å². The molecule has 1 aliphatic rings. The van der Waals surface area contributed by atoms with E-state index in [1.807, 2.05) is 30.3 Å². The number of rotatable bonds is 1. The number of para-hydroxylation sites is 2. The molecule has 0 amide bonds. The second kappa shape index (κ2) is 4.10. The highest BCUT2D eigenvalue weighted by molar-refractivity contribution is 7.90. The smallest absolute Gasteiger partial charge is 0.287 e. The summed E-state index contributed by atoms with van der Waals surface area (Å²) >= 11 is 0. The van der Waals surface area contributed by atoms with Crippen LogP contribution in [0.25, 0.3) is 0 Å². The molecule has 0 bridgehead atoms. The fourth-order valence-corrected chi connectivity index (χ4v) is 3.15. The Morgan fingerprint density at radius 2 is 1.58 bits per heavy atom. The zero-order chi connectivity index (χ0) is 13.5. The Morgan fingerprint density at radius 1 is 0.947 bits per heavy atom. The molecular weight excluding hydrogens is 262 g/mol. The molecule has 0 fully saturated rings. The average Bonchev–Trinajstić information content (AvgIpc) is 2.39. The monoisotopic (exact) mass is 273 g/mol. The van der Waals surface area contributed by atoms with Crippen molar-refractivity contribution >= 4 is 27.4 Å². The van der Waals surface area contributed by atoms with Crippen molar-refractivity contribution in [2.75, 3.05) is 4.90 Å².